The van der Waals surface area contributed by atoms with Crippen molar-refractivity contribution in [2.75, 3.05) is 50.6 Å². The first kappa shape index (κ1) is 12.7. The lowest BCUT2D eigenvalue weighted by Crippen LogP contribution is -2.36. The topological polar surface area (TPSA) is 44.8 Å². The number of hydrogen-bond donors (Lipinski definition) is 1. The van der Waals surface area contributed by atoms with Crippen LogP contribution in [0.15, 0.2) is 24.3 Å². The highest BCUT2D eigenvalue weighted by Crippen LogP contribution is 2.19. The number of nitrogens with one attached hydrogen (secondary N) is 1. The van der Waals surface area contributed by atoms with Crippen molar-refractivity contribution in [3.05, 3.63) is 24.3 Å². The number of ether oxygens (including phenoxy) is 1. The third kappa shape index (κ3) is 3.13. The summed E-state index contributed by atoms with van der Waals surface area (Å²) in [4.78, 5) is 15.3. The van der Waals surface area contributed by atoms with Crippen molar-refractivity contribution in [2.45, 2.75) is 0 Å². The minimum Gasteiger partial charge on any atom is -0.378 e. The molecule has 0 saturated carbocycles. The second kappa shape index (κ2) is 5.73. The summed E-state index contributed by atoms with van der Waals surface area (Å²) in [6.45, 7) is 3.39. The van der Waals surface area contributed by atoms with Crippen LogP contribution in [0.5, 0.6) is 0 Å². The van der Waals surface area contributed by atoms with Crippen molar-refractivity contribution in [1.29, 1.82) is 0 Å². The highest BCUT2D eigenvalue weighted by Gasteiger charge is 2.11. The third-order valence-electron chi connectivity index (χ3n) is 2.90. The van der Waals surface area contributed by atoms with Crippen LogP contribution in [0.25, 0.3) is 0 Å². The average molecular weight is 249 g/mol. The van der Waals surface area contributed by atoms with Crippen LogP contribution in [0.4, 0.5) is 16.2 Å². The van der Waals surface area contributed by atoms with E-state index in [1.54, 1.807) is 14.1 Å². The predicted octanol–water partition coefficient (Wildman–Crippen LogP) is 1.62. The fraction of sp³-hybridized carbons (Fsp3) is 0.462. The molecule has 0 unspecified atom stereocenters. The fourth-order valence-corrected chi connectivity index (χ4v) is 1.81. The SMILES string of the molecule is CN(C)C(=O)Nc1ccc(N2CCOCC2)cc1. The van der Waals surface area contributed by atoms with Crippen LogP contribution in [0.3, 0.4) is 0 Å². The summed E-state index contributed by atoms with van der Waals surface area (Å²) in [6, 6.07) is 7.78. The smallest absolute Gasteiger partial charge is 0.321 e. The van der Waals surface area contributed by atoms with Crippen molar-refractivity contribution in [3.63, 3.8) is 0 Å². The highest BCUT2D eigenvalue weighted by molar-refractivity contribution is 5.89. The number of nitrogens with zero attached hydrogens (tertiary/aromatic N) is 2. The standard InChI is InChI=1S/C13H19N3O2/c1-15(2)13(17)14-11-3-5-12(6-4-11)16-7-9-18-10-8-16/h3-6H,7-10H2,1-2H3,(H,14,17). The maximum Gasteiger partial charge on any atom is 0.321 e. The van der Waals surface area contributed by atoms with Crippen LogP contribution in [0.1, 0.15) is 0 Å². The Bertz CT molecular complexity index is 397. The van der Waals surface area contributed by atoms with Gasteiger partial charge in [-0.15, -0.1) is 0 Å². The van der Waals surface area contributed by atoms with E-state index in [0.29, 0.717) is 0 Å². The van der Waals surface area contributed by atoms with Gasteiger partial charge in [-0.1, -0.05) is 0 Å². The van der Waals surface area contributed by atoms with Crippen LogP contribution in [-0.2, 0) is 4.74 Å². The molecule has 0 spiro atoms. The summed E-state index contributed by atoms with van der Waals surface area (Å²) < 4.78 is 5.32. The minimum absolute atomic E-state index is 0.117. The summed E-state index contributed by atoms with van der Waals surface area (Å²) in [5, 5.41) is 2.82. The lowest BCUT2D eigenvalue weighted by Gasteiger charge is -2.28. The Balaban J connectivity index is 1.98. The summed E-state index contributed by atoms with van der Waals surface area (Å²) in [5.74, 6) is 0. The van der Waals surface area contributed by atoms with Crippen molar-refractivity contribution in [2.24, 2.45) is 0 Å². The zero-order chi connectivity index (χ0) is 13.0. The number of morpholine rings is 1. The Morgan fingerprint density at radius 2 is 1.83 bits per heavy atom. The fourth-order valence-electron chi connectivity index (χ4n) is 1.81. The molecule has 0 aliphatic carbocycles. The van der Waals surface area contributed by atoms with Crippen LogP contribution >= 0.6 is 0 Å². The van der Waals surface area contributed by atoms with Gasteiger partial charge in [0.2, 0.25) is 0 Å². The molecule has 2 amide bonds. The van der Waals surface area contributed by atoms with Crippen molar-refractivity contribution in [1.82, 2.24) is 4.90 Å². The lowest BCUT2D eigenvalue weighted by atomic mass is 10.2. The third-order valence-corrected chi connectivity index (χ3v) is 2.90. The van der Waals surface area contributed by atoms with Crippen molar-refractivity contribution < 1.29 is 9.53 Å². The molecule has 0 aromatic heterocycles. The maximum absolute atomic E-state index is 11.5. The molecule has 1 fully saturated rings. The molecule has 0 atom stereocenters. The molecule has 1 aliphatic heterocycles. The zero-order valence-electron chi connectivity index (χ0n) is 10.8. The molecule has 1 N–H and O–H groups in total. The molecule has 0 bridgehead atoms. The number of amides is 2. The molecule has 18 heavy (non-hydrogen) atoms. The Morgan fingerprint density at radius 1 is 1.22 bits per heavy atom. The minimum atomic E-state index is -0.117. The van der Waals surface area contributed by atoms with E-state index in [4.69, 9.17) is 4.74 Å². The van der Waals surface area contributed by atoms with Crippen molar-refractivity contribution >= 4 is 17.4 Å². The zero-order valence-corrected chi connectivity index (χ0v) is 10.8. The Hall–Kier alpha value is -1.75. The molecule has 1 heterocycles. The molecule has 1 aliphatic rings. The van der Waals surface area contributed by atoms with Gasteiger partial charge in [-0.05, 0) is 24.3 Å². The molecule has 98 valence electrons. The van der Waals surface area contributed by atoms with Gasteiger partial charge in [-0.3, -0.25) is 0 Å². The number of benzene rings is 1. The van der Waals surface area contributed by atoms with Gasteiger partial charge >= 0.3 is 6.03 Å². The van der Waals surface area contributed by atoms with Gasteiger partial charge in [0.1, 0.15) is 0 Å². The lowest BCUT2D eigenvalue weighted by molar-refractivity contribution is 0.122. The largest absolute Gasteiger partial charge is 0.378 e. The van der Waals surface area contributed by atoms with Gasteiger partial charge in [0.05, 0.1) is 13.2 Å². The first-order valence-electron chi connectivity index (χ1n) is 6.08. The summed E-state index contributed by atoms with van der Waals surface area (Å²) in [6.07, 6.45) is 0. The molecule has 1 saturated heterocycles. The van der Waals surface area contributed by atoms with E-state index < -0.39 is 0 Å². The van der Waals surface area contributed by atoms with E-state index >= 15 is 0 Å². The normalized spacial score (nSPS) is 15.3. The molecular weight excluding hydrogens is 230 g/mol. The predicted molar refractivity (Wildman–Crippen MR) is 72.2 cm³/mol. The summed E-state index contributed by atoms with van der Waals surface area (Å²) >= 11 is 0. The summed E-state index contributed by atoms with van der Waals surface area (Å²) in [5.41, 5.74) is 1.98. The van der Waals surface area contributed by atoms with E-state index in [1.165, 1.54) is 10.6 Å². The van der Waals surface area contributed by atoms with E-state index in [2.05, 4.69) is 10.2 Å². The second-order valence-corrected chi connectivity index (χ2v) is 4.47. The van der Waals surface area contributed by atoms with Crippen LogP contribution < -0.4 is 10.2 Å². The van der Waals surface area contributed by atoms with Gasteiger partial charge in [0.15, 0.2) is 0 Å². The van der Waals surface area contributed by atoms with Crippen molar-refractivity contribution in [3.8, 4) is 0 Å². The average Bonchev–Trinajstić information content (AvgIpc) is 2.40. The van der Waals surface area contributed by atoms with Gasteiger partial charge in [0.25, 0.3) is 0 Å². The van der Waals surface area contributed by atoms with Crippen LogP contribution in [-0.4, -0.2) is 51.3 Å². The number of hydrogen-bond acceptors (Lipinski definition) is 3. The monoisotopic (exact) mass is 249 g/mol. The first-order chi connectivity index (χ1) is 8.66. The number of anilines is 2. The van der Waals surface area contributed by atoms with Gasteiger partial charge < -0.3 is 19.9 Å². The molecular formula is C13H19N3O2. The van der Waals surface area contributed by atoms with Gasteiger partial charge in [-0.2, -0.15) is 0 Å². The van der Waals surface area contributed by atoms with E-state index in [-0.39, 0.29) is 6.03 Å². The molecule has 0 radical (unpaired) electrons. The maximum atomic E-state index is 11.5. The van der Waals surface area contributed by atoms with Gasteiger partial charge in [-0.25, -0.2) is 4.79 Å². The number of carbonyl (C=O) groups is 1. The Labute approximate surface area is 107 Å². The molecule has 1 aromatic carbocycles. The molecule has 5 nitrogen and oxygen atoms in total. The number of urea groups is 1. The van der Waals surface area contributed by atoms with E-state index in [0.717, 1.165) is 32.0 Å². The molecule has 2 rings (SSSR count). The number of carbonyl (C=O) groups excluding carboxylic acids is 1. The highest BCUT2D eigenvalue weighted by atomic mass is 16.5. The quantitative estimate of drug-likeness (QED) is 0.866. The first-order valence-corrected chi connectivity index (χ1v) is 6.08. The van der Waals surface area contributed by atoms with Crippen LogP contribution in [0, 0.1) is 0 Å². The number of rotatable bonds is 2. The van der Waals surface area contributed by atoms with Gasteiger partial charge in [0, 0.05) is 38.6 Å². The summed E-state index contributed by atoms with van der Waals surface area (Å²) in [7, 11) is 3.44. The second-order valence-electron chi connectivity index (χ2n) is 4.47. The Morgan fingerprint density at radius 3 is 2.39 bits per heavy atom. The Kier molecular flexibility index (Phi) is 4.04. The van der Waals surface area contributed by atoms with Crippen LogP contribution in [0.2, 0.25) is 0 Å². The van der Waals surface area contributed by atoms with E-state index in [1.807, 2.05) is 24.3 Å². The molecule has 1 aromatic rings. The molecule has 5 heteroatoms. The van der Waals surface area contributed by atoms with E-state index in [9.17, 15) is 4.79 Å².